The second-order valence-electron chi connectivity index (χ2n) is 5.45. The monoisotopic (exact) mass is 319 g/mol. The number of anilines is 1. The molecule has 0 spiro atoms. The third-order valence-electron chi connectivity index (χ3n) is 3.58. The highest BCUT2D eigenvalue weighted by Gasteiger charge is 2.34. The van der Waals surface area contributed by atoms with Gasteiger partial charge in [0.2, 0.25) is 5.91 Å². The molecule has 0 saturated carbocycles. The molecule has 1 fully saturated rings. The summed E-state index contributed by atoms with van der Waals surface area (Å²) in [5.74, 6) is -1.46. The number of hydrogen-bond acceptors (Lipinski definition) is 2. The van der Waals surface area contributed by atoms with Gasteiger partial charge in [-0.25, -0.2) is 8.78 Å². The van der Waals surface area contributed by atoms with E-state index in [2.05, 4.69) is 0 Å². The van der Waals surface area contributed by atoms with Gasteiger partial charge in [-0.3, -0.25) is 9.69 Å². The maximum absolute atomic E-state index is 13.5. The summed E-state index contributed by atoms with van der Waals surface area (Å²) in [5.41, 5.74) is 3.50. The summed E-state index contributed by atoms with van der Waals surface area (Å²) >= 11 is 1.42. The second kappa shape index (κ2) is 5.72. The molecule has 0 radical (unpaired) electrons. The van der Waals surface area contributed by atoms with Crippen molar-refractivity contribution in [2.24, 2.45) is 0 Å². The topological polar surface area (TPSA) is 20.3 Å². The average Bonchev–Trinajstić information content (AvgIpc) is 2.82. The fourth-order valence-electron chi connectivity index (χ4n) is 2.71. The first-order valence-corrected chi connectivity index (χ1v) is 7.97. The molecule has 3 rings (SSSR count). The van der Waals surface area contributed by atoms with E-state index in [1.165, 1.54) is 23.9 Å². The van der Waals surface area contributed by atoms with Crippen LogP contribution in [-0.4, -0.2) is 11.7 Å². The highest BCUT2D eigenvalue weighted by molar-refractivity contribution is 8.00. The minimum Gasteiger partial charge on any atom is -0.295 e. The normalized spacial score (nSPS) is 18.1. The lowest BCUT2D eigenvalue weighted by molar-refractivity contribution is -0.115. The van der Waals surface area contributed by atoms with Crippen molar-refractivity contribution in [3.63, 3.8) is 0 Å². The minimum atomic E-state index is -0.891. The van der Waals surface area contributed by atoms with E-state index in [-0.39, 0.29) is 11.3 Å². The largest absolute Gasteiger partial charge is 0.295 e. The van der Waals surface area contributed by atoms with E-state index in [4.69, 9.17) is 0 Å². The number of rotatable bonds is 2. The number of halogens is 2. The zero-order chi connectivity index (χ0) is 15.9. The van der Waals surface area contributed by atoms with Crippen LogP contribution < -0.4 is 4.90 Å². The molecule has 0 aromatic heterocycles. The Kier molecular flexibility index (Phi) is 3.91. The summed E-state index contributed by atoms with van der Waals surface area (Å²) in [6, 6.07) is 9.70. The highest BCUT2D eigenvalue weighted by atomic mass is 32.2. The third kappa shape index (κ3) is 2.73. The van der Waals surface area contributed by atoms with Crippen molar-refractivity contribution >= 4 is 23.4 Å². The Morgan fingerprint density at radius 2 is 1.73 bits per heavy atom. The Morgan fingerprint density at radius 3 is 2.36 bits per heavy atom. The predicted molar refractivity (Wildman–Crippen MR) is 85.0 cm³/mol. The smallest absolute Gasteiger partial charge is 0.238 e. The molecule has 0 unspecified atom stereocenters. The molecule has 1 amide bonds. The Bertz CT molecular complexity index is 727. The number of aryl methyl sites for hydroxylation is 2. The predicted octanol–water partition coefficient (Wildman–Crippen LogP) is 4.36. The Labute approximate surface area is 132 Å². The van der Waals surface area contributed by atoms with Crippen molar-refractivity contribution in [3.8, 4) is 0 Å². The molecule has 1 saturated heterocycles. The maximum atomic E-state index is 13.5. The minimum absolute atomic E-state index is 0.0234. The van der Waals surface area contributed by atoms with Crippen LogP contribution in [0.4, 0.5) is 14.5 Å². The van der Waals surface area contributed by atoms with Gasteiger partial charge >= 0.3 is 0 Å². The van der Waals surface area contributed by atoms with Gasteiger partial charge in [-0.15, -0.1) is 11.8 Å². The van der Waals surface area contributed by atoms with Crippen molar-refractivity contribution in [1.29, 1.82) is 0 Å². The van der Waals surface area contributed by atoms with Crippen LogP contribution in [0.15, 0.2) is 36.4 Å². The van der Waals surface area contributed by atoms with Crippen molar-refractivity contribution in [3.05, 3.63) is 64.7 Å². The molecular formula is C17H15F2NOS. The van der Waals surface area contributed by atoms with Crippen LogP contribution in [0, 0.1) is 25.5 Å². The average molecular weight is 319 g/mol. The number of amides is 1. The van der Waals surface area contributed by atoms with Gasteiger partial charge in [-0.05, 0) is 54.8 Å². The third-order valence-corrected chi connectivity index (χ3v) is 4.79. The molecule has 0 aliphatic carbocycles. The summed E-state index contributed by atoms with van der Waals surface area (Å²) in [5, 5.41) is -0.330. The molecule has 2 aromatic rings. The number of hydrogen-bond donors (Lipinski definition) is 0. The second-order valence-corrected chi connectivity index (χ2v) is 6.52. The molecular weight excluding hydrogens is 304 g/mol. The van der Waals surface area contributed by atoms with Gasteiger partial charge < -0.3 is 0 Å². The summed E-state index contributed by atoms with van der Waals surface area (Å²) < 4.78 is 26.6. The van der Waals surface area contributed by atoms with Crippen molar-refractivity contribution in [1.82, 2.24) is 0 Å². The first kappa shape index (κ1) is 15.0. The van der Waals surface area contributed by atoms with Crippen LogP contribution in [0.2, 0.25) is 0 Å². The van der Waals surface area contributed by atoms with Gasteiger partial charge in [0.15, 0.2) is 11.6 Å². The fourth-order valence-corrected chi connectivity index (χ4v) is 3.87. The van der Waals surface area contributed by atoms with Crippen LogP contribution in [0.3, 0.4) is 0 Å². The SMILES string of the molecule is Cc1cc(C)cc(N2C(=O)CS[C@@H]2c2ccc(F)c(F)c2)c1. The maximum Gasteiger partial charge on any atom is 0.238 e. The number of thioether (sulfide) groups is 1. The molecule has 2 nitrogen and oxygen atoms in total. The lowest BCUT2D eigenvalue weighted by atomic mass is 10.1. The van der Waals surface area contributed by atoms with E-state index in [0.29, 0.717) is 11.3 Å². The standard InChI is InChI=1S/C17H15F2NOS/c1-10-5-11(2)7-13(6-10)20-16(21)9-22-17(20)12-3-4-14(18)15(19)8-12/h3-8,17H,9H2,1-2H3/t17-/m1/s1. The van der Waals surface area contributed by atoms with Gasteiger partial charge in [-0.1, -0.05) is 12.1 Å². The van der Waals surface area contributed by atoms with E-state index in [0.717, 1.165) is 22.9 Å². The van der Waals surface area contributed by atoms with Gasteiger partial charge in [0.1, 0.15) is 5.37 Å². The van der Waals surface area contributed by atoms with E-state index < -0.39 is 11.6 Å². The molecule has 1 aliphatic rings. The Hall–Kier alpha value is -1.88. The van der Waals surface area contributed by atoms with Crippen LogP contribution in [0.1, 0.15) is 22.1 Å². The van der Waals surface area contributed by atoms with Crippen molar-refractivity contribution in [2.45, 2.75) is 19.2 Å². The van der Waals surface area contributed by atoms with Gasteiger partial charge in [0.05, 0.1) is 5.75 Å². The Morgan fingerprint density at radius 1 is 1.05 bits per heavy atom. The van der Waals surface area contributed by atoms with E-state index in [9.17, 15) is 13.6 Å². The molecule has 5 heteroatoms. The quantitative estimate of drug-likeness (QED) is 0.820. The lowest BCUT2D eigenvalue weighted by Gasteiger charge is -2.25. The van der Waals surface area contributed by atoms with Gasteiger partial charge in [0.25, 0.3) is 0 Å². The van der Waals surface area contributed by atoms with Crippen LogP contribution in [-0.2, 0) is 4.79 Å². The fraction of sp³-hybridized carbons (Fsp3) is 0.235. The highest BCUT2D eigenvalue weighted by Crippen LogP contribution is 2.42. The van der Waals surface area contributed by atoms with Gasteiger partial charge in [-0.2, -0.15) is 0 Å². The molecule has 1 aliphatic heterocycles. The van der Waals surface area contributed by atoms with Crippen molar-refractivity contribution in [2.75, 3.05) is 10.7 Å². The first-order chi connectivity index (χ1) is 10.5. The number of carbonyl (C=O) groups excluding carboxylic acids is 1. The molecule has 1 heterocycles. The summed E-state index contributed by atoms with van der Waals surface area (Å²) in [6.07, 6.45) is 0. The molecule has 114 valence electrons. The van der Waals surface area contributed by atoms with Crippen molar-refractivity contribution < 1.29 is 13.6 Å². The van der Waals surface area contributed by atoms with E-state index in [1.807, 2.05) is 32.0 Å². The van der Waals surface area contributed by atoms with E-state index >= 15 is 0 Å². The zero-order valence-electron chi connectivity index (χ0n) is 12.3. The molecule has 1 atom stereocenters. The summed E-state index contributed by atoms with van der Waals surface area (Å²) in [6.45, 7) is 3.94. The number of carbonyl (C=O) groups is 1. The van der Waals surface area contributed by atoms with Crippen LogP contribution in [0.5, 0.6) is 0 Å². The van der Waals surface area contributed by atoms with Gasteiger partial charge in [0, 0.05) is 5.69 Å². The van der Waals surface area contributed by atoms with E-state index in [1.54, 1.807) is 4.90 Å². The summed E-state index contributed by atoms with van der Waals surface area (Å²) in [4.78, 5) is 13.9. The lowest BCUT2D eigenvalue weighted by Crippen LogP contribution is -2.28. The summed E-state index contributed by atoms with van der Waals surface area (Å²) in [7, 11) is 0. The van der Waals surface area contributed by atoms with Crippen LogP contribution >= 0.6 is 11.8 Å². The number of nitrogens with zero attached hydrogens (tertiary/aromatic N) is 1. The molecule has 0 N–H and O–H groups in total. The molecule has 2 aromatic carbocycles. The molecule has 0 bridgehead atoms. The zero-order valence-corrected chi connectivity index (χ0v) is 13.1. The number of benzene rings is 2. The first-order valence-electron chi connectivity index (χ1n) is 6.92. The Balaban J connectivity index is 2.03. The van der Waals surface area contributed by atoms with Crippen LogP contribution in [0.25, 0.3) is 0 Å². The molecule has 22 heavy (non-hydrogen) atoms.